The lowest BCUT2D eigenvalue weighted by Crippen LogP contribution is -2.25. The topological polar surface area (TPSA) is 60.4 Å². The van der Waals surface area contributed by atoms with Crippen LogP contribution in [0.4, 0.5) is 0 Å². The summed E-state index contributed by atoms with van der Waals surface area (Å²) in [5.41, 5.74) is 0. The minimum Gasteiger partial charge on any atom is -0.468 e. The van der Waals surface area contributed by atoms with E-state index in [9.17, 15) is 13.2 Å². The lowest BCUT2D eigenvalue weighted by atomic mass is 10.4. The minimum absolute atomic E-state index is 0.475. The Balaban J connectivity index is 4.34. The summed E-state index contributed by atoms with van der Waals surface area (Å²) in [7, 11) is -2.12. The molecule has 1 atom stereocenters. The van der Waals surface area contributed by atoms with E-state index >= 15 is 0 Å². The van der Waals surface area contributed by atoms with E-state index in [1.54, 1.807) is 13.8 Å². The lowest BCUT2D eigenvalue weighted by Gasteiger charge is -2.08. The van der Waals surface area contributed by atoms with Crippen molar-refractivity contribution in [1.29, 1.82) is 0 Å². The second-order valence-electron chi connectivity index (χ2n) is 2.60. The molecule has 0 saturated heterocycles. The van der Waals surface area contributed by atoms with Gasteiger partial charge in [0, 0.05) is 0 Å². The summed E-state index contributed by atoms with van der Waals surface area (Å²) in [6.45, 7) is 3.35. The minimum atomic E-state index is -3.30. The third-order valence-corrected chi connectivity index (χ3v) is 3.93. The van der Waals surface area contributed by atoms with Crippen LogP contribution in [0.2, 0.25) is 0 Å². The fourth-order valence-electron chi connectivity index (χ4n) is 0.619. The molecule has 0 heterocycles. The Morgan fingerprint density at radius 2 is 2.00 bits per heavy atom. The molecule has 0 aromatic carbocycles. The van der Waals surface area contributed by atoms with Crippen molar-refractivity contribution in [3.63, 3.8) is 0 Å². The van der Waals surface area contributed by atoms with Crippen LogP contribution in [0.1, 0.15) is 20.3 Å². The fraction of sp³-hybridized carbons (Fsp3) is 0.857. The van der Waals surface area contributed by atoms with Crippen LogP contribution in [-0.4, -0.2) is 32.5 Å². The number of esters is 1. The predicted molar refractivity (Wildman–Crippen MR) is 45.6 cm³/mol. The van der Waals surface area contributed by atoms with Crippen molar-refractivity contribution in [3.8, 4) is 0 Å². The standard InChI is InChI=1S/C7H14O4S/c1-4-6(2)12(9,10)5-7(8)11-3/h6H,4-5H2,1-3H3. The van der Waals surface area contributed by atoms with Crippen LogP contribution >= 0.6 is 0 Å². The van der Waals surface area contributed by atoms with Gasteiger partial charge in [0.25, 0.3) is 0 Å². The fourth-order valence-corrected chi connectivity index (χ4v) is 1.86. The summed E-state index contributed by atoms with van der Waals surface area (Å²) in [5.74, 6) is -1.21. The Labute approximate surface area is 72.8 Å². The molecular formula is C7H14O4S. The van der Waals surface area contributed by atoms with E-state index in [1.807, 2.05) is 0 Å². The summed E-state index contributed by atoms with van der Waals surface area (Å²) in [4.78, 5) is 10.6. The molecule has 72 valence electrons. The highest BCUT2D eigenvalue weighted by molar-refractivity contribution is 7.92. The number of hydrogen-bond donors (Lipinski definition) is 0. The van der Waals surface area contributed by atoms with Gasteiger partial charge in [-0.2, -0.15) is 0 Å². The number of carbonyl (C=O) groups excluding carboxylic acids is 1. The molecule has 0 fully saturated rings. The van der Waals surface area contributed by atoms with Gasteiger partial charge in [-0.1, -0.05) is 6.92 Å². The van der Waals surface area contributed by atoms with Crippen LogP contribution in [0.5, 0.6) is 0 Å². The van der Waals surface area contributed by atoms with E-state index in [0.717, 1.165) is 0 Å². The molecule has 0 saturated carbocycles. The van der Waals surface area contributed by atoms with E-state index in [2.05, 4.69) is 4.74 Å². The van der Waals surface area contributed by atoms with Crippen molar-refractivity contribution < 1.29 is 17.9 Å². The van der Waals surface area contributed by atoms with Gasteiger partial charge in [-0.25, -0.2) is 8.42 Å². The summed E-state index contributed by atoms with van der Waals surface area (Å²) < 4.78 is 26.7. The Hall–Kier alpha value is -0.580. The first-order valence-corrected chi connectivity index (χ1v) is 5.44. The van der Waals surface area contributed by atoms with Crippen LogP contribution in [0, 0.1) is 0 Å². The van der Waals surface area contributed by atoms with Crippen molar-refractivity contribution >= 4 is 15.8 Å². The zero-order chi connectivity index (χ0) is 9.78. The number of carbonyl (C=O) groups is 1. The van der Waals surface area contributed by atoms with Gasteiger partial charge >= 0.3 is 5.97 Å². The maximum Gasteiger partial charge on any atom is 0.320 e. The molecule has 0 aliphatic rings. The van der Waals surface area contributed by atoms with E-state index in [0.29, 0.717) is 6.42 Å². The van der Waals surface area contributed by atoms with Crippen LogP contribution in [0.15, 0.2) is 0 Å². The van der Waals surface area contributed by atoms with Crippen LogP contribution in [0.3, 0.4) is 0 Å². The van der Waals surface area contributed by atoms with Crippen LogP contribution in [-0.2, 0) is 19.4 Å². The molecule has 0 rings (SSSR count). The molecule has 12 heavy (non-hydrogen) atoms. The molecule has 0 N–H and O–H groups in total. The summed E-state index contributed by atoms with van der Waals surface area (Å²) in [6.07, 6.45) is 0.513. The summed E-state index contributed by atoms with van der Waals surface area (Å²) in [5, 5.41) is -0.475. The van der Waals surface area contributed by atoms with Crippen molar-refractivity contribution in [3.05, 3.63) is 0 Å². The Kier molecular flexibility index (Phi) is 4.23. The number of hydrogen-bond acceptors (Lipinski definition) is 4. The van der Waals surface area contributed by atoms with Gasteiger partial charge in [-0.3, -0.25) is 4.79 Å². The molecule has 0 aliphatic carbocycles. The Morgan fingerprint density at radius 3 is 2.33 bits per heavy atom. The molecule has 4 nitrogen and oxygen atoms in total. The van der Waals surface area contributed by atoms with Gasteiger partial charge in [0.1, 0.15) is 5.75 Å². The number of ether oxygens (including phenoxy) is 1. The quantitative estimate of drug-likeness (QED) is 0.607. The lowest BCUT2D eigenvalue weighted by molar-refractivity contribution is -0.137. The molecule has 0 aromatic rings. The maximum absolute atomic E-state index is 11.2. The summed E-state index contributed by atoms with van der Waals surface area (Å²) in [6, 6.07) is 0. The number of rotatable bonds is 4. The zero-order valence-electron chi connectivity index (χ0n) is 7.53. The van der Waals surface area contributed by atoms with Gasteiger partial charge in [-0.15, -0.1) is 0 Å². The Bertz CT molecular complexity index is 242. The molecule has 5 heteroatoms. The SMILES string of the molecule is CCC(C)S(=O)(=O)CC(=O)OC. The maximum atomic E-state index is 11.2. The number of methoxy groups -OCH3 is 1. The zero-order valence-corrected chi connectivity index (χ0v) is 8.35. The van der Waals surface area contributed by atoms with Crippen LogP contribution < -0.4 is 0 Å². The predicted octanol–water partition coefficient (Wildman–Crippen LogP) is 0.373. The third kappa shape index (κ3) is 3.21. The van der Waals surface area contributed by atoms with E-state index in [4.69, 9.17) is 0 Å². The highest BCUT2D eigenvalue weighted by atomic mass is 32.2. The van der Waals surface area contributed by atoms with Gasteiger partial charge in [0.15, 0.2) is 9.84 Å². The van der Waals surface area contributed by atoms with E-state index in [-0.39, 0.29) is 0 Å². The first kappa shape index (κ1) is 11.4. The molecule has 0 bridgehead atoms. The van der Waals surface area contributed by atoms with Gasteiger partial charge in [0.05, 0.1) is 12.4 Å². The van der Waals surface area contributed by atoms with E-state index in [1.165, 1.54) is 7.11 Å². The van der Waals surface area contributed by atoms with Crippen molar-refractivity contribution in [1.82, 2.24) is 0 Å². The second kappa shape index (κ2) is 4.45. The Morgan fingerprint density at radius 1 is 1.50 bits per heavy atom. The smallest absolute Gasteiger partial charge is 0.320 e. The normalized spacial score (nSPS) is 13.9. The van der Waals surface area contributed by atoms with Crippen LogP contribution in [0.25, 0.3) is 0 Å². The van der Waals surface area contributed by atoms with Crippen molar-refractivity contribution in [2.75, 3.05) is 12.9 Å². The van der Waals surface area contributed by atoms with Gasteiger partial charge in [-0.05, 0) is 13.3 Å². The van der Waals surface area contributed by atoms with E-state index < -0.39 is 26.8 Å². The van der Waals surface area contributed by atoms with Crippen molar-refractivity contribution in [2.45, 2.75) is 25.5 Å². The summed E-state index contributed by atoms with van der Waals surface area (Å²) >= 11 is 0. The van der Waals surface area contributed by atoms with Gasteiger partial charge < -0.3 is 4.74 Å². The highest BCUT2D eigenvalue weighted by Gasteiger charge is 2.22. The third-order valence-electron chi connectivity index (χ3n) is 1.73. The molecule has 0 radical (unpaired) electrons. The first-order valence-electron chi connectivity index (χ1n) is 3.72. The van der Waals surface area contributed by atoms with Gasteiger partial charge in [0.2, 0.25) is 0 Å². The molecule has 0 aromatic heterocycles. The molecular weight excluding hydrogens is 180 g/mol. The average Bonchev–Trinajstić information content (AvgIpc) is 2.02. The molecule has 0 amide bonds. The number of sulfone groups is 1. The molecule has 0 aliphatic heterocycles. The molecule has 0 spiro atoms. The monoisotopic (exact) mass is 194 g/mol. The largest absolute Gasteiger partial charge is 0.468 e. The average molecular weight is 194 g/mol. The first-order chi connectivity index (χ1) is 5.44. The van der Waals surface area contributed by atoms with Crippen molar-refractivity contribution in [2.24, 2.45) is 0 Å². The molecule has 1 unspecified atom stereocenters. The second-order valence-corrected chi connectivity index (χ2v) is 5.02. The highest BCUT2D eigenvalue weighted by Crippen LogP contribution is 2.05.